The molecule has 0 bridgehead atoms. The van der Waals surface area contributed by atoms with Gasteiger partial charge in [0, 0.05) is 4.47 Å². The molecule has 0 fully saturated rings. The number of carbonyl (C=O) groups is 1. The van der Waals surface area contributed by atoms with E-state index in [1.54, 1.807) is 25.1 Å². The maximum absolute atomic E-state index is 11.1. The van der Waals surface area contributed by atoms with Crippen molar-refractivity contribution in [1.29, 1.82) is 0 Å². The summed E-state index contributed by atoms with van der Waals surface area (Å²) in [5, 5.41) is 9.04. The van der Waals surface area contributed by atoms with Crippen LogP contribution in [0.3, 0.4) is 0 Å². The van der Waals surface area contributed by atoms with Crippen LogP contribution in [-0.4, -0.2) is 21.0 Å². The number of hydrogen-bond acceptors (Lipinski definition) is 4. The molecule has 0 spiro atoms. The molecule has 1 aromatic carbocycles. The first-order valence-electron chi connectivity index (χ1n) is 5.06. The average Bonchev–Trinajstić information content (AvgIpc) is 2.31. The van der Waals surface area contributed by atoms with E-state index in [-0.39, 0.29) is 11.4 Å². The number of hydrogen-bond donors (Lipinski definition) is 1. The van der Waals surface area contributed by atoms with E-state index in [2.05, 4.69) is 25.9 Å². The van der Waals surface area contributed by atoms with Crippen molar-refractivity contribution in [3.63, 3.8) is 0 Å². The average molecular weight is 309 g/mol. The van der Waals surface area contributed by atoms with Gasteiger partial charge in [-0.1, -0.05) is 22.0 Å². The fourth-order valence-electron chi connectivity index (χ4n) is 1.34. The molecule has 5 nitrogen and oxygen atoms in total. The van der Waals surface area contributed by atoms with E-state index in [4.69, 9.17) is 9.84 Å². The number of nitrogens with zero attached hydrogens (tertiary/aromatic N) is 2. The zero-order valence-electron chi connectivity index (χ0n) is 9.42. The third-order valence-electron chi connectivity index (χ3n) is 2.10. The predicted octanol–water partition coefficient (Wildman–Crippen LogP) is 3.04. The van der Waals surface area contributed by atoms with Gasteiger partial charge in [-0.15, -0.1) is 0 Å². The molecule has 0 aliphatic rings. The highest BCUT2D eigenvalue weighted by molar-refractivity contribution is 9.10. The van der Waals surface area contributed by atoms with Crippen LogP contribution in [0.2, 0.25) is 0 Å². The molecule has 0 saturated heterocycles. The summed E-state index contributed by atoms with van der Waals surface area (Å²) in [6.45, 7) is 1.62. The second-order valence-electron chi connectivity index (χ2n) is 3.49. The van der Waals surface area contributed by atoms with Gasteiger partial charge in [0.2, 0.25) is 0 Å². The second kappa shape index (κ2) is 5.14. The Morgan fingerprint density at radius 2 is 2.22 bits per heavy atom. The standard InChI is InChI=1S/C12H9BrN2O3/c1-7-14-6-10(11(15-7)12(16)17)18-9-4-2-3-8(13)5-9/h2-6H,1H3,(H,16,17). The molecular weight excluding hydrogens is 300 g/mol. The van der Waals surface area contributed by atoms with Crippen molar-refractivity contribution in [3.8, 4) is 11.5 Å². The summed E-state index contributed by atoms with van der Waals surface area (Å²) >= 11 is 3.31. The minimum atomic E-state index is -1.15. The third kappa shape index (κ3) is 2.84. The zero-order valence-corrected chi connectivity index (χ0v) is 11.0. The smallest absolute Gasteiger partial charge is 0.358 e. The van der Waals surface area contributed by atoms with E-state index in [0.717, 1.165) is 4.47 Å². The second-order valence-corrected chi connectivity index (χ2v) is 4.41. The summed E-state index contributed by atoms with van der Waals surface area (Å²) in [7, 11) is 0. The van der Waals surface area contributed by atoms with Crippen LogP contribution in [0.15, 0.2) is 34.9 Å². The van der Waals surface area contributed by atoms with Crippen LogP contribution in [0.4, 0.5) is 0 Å². The first-order valence-corrected chi connectivity index (χ1v) is 5.86. The number of halogens is 1. The van der Waals surface area contributed by atoms with Gasteiger partial charge in [0.15, 0.2) is 11.4 Å². The molecule has 0 aliphatic heterocycles. The molecular formula is C12H9BrN2O3. The molecule has 0 saturated carbocycles. The lowest BCUT2D eigenvalue weighted by Crippen LogP contribution is -2.05. The fourth-order valence-corrected chi connectivity index (χ4v) is 1.72. The Bertz CT molecular complexity index is 602. The Kier molecular flexibility index (Phi) is 3.57. The Labute approximate surface area is 112 Å². The number of aromatic nitrogens is 2. The predicted molar refractivity (Wildman–Crippen MR) is 67.9 cm³/mol. The van der Waals surface area contributed by atoms with Crippen LogP contribution in [0.5, 0.6) is 11.5 Å². The maximum Gasteiger partial charge on any atom is 0.358 e. The molecule has 0 amide bonds. The summed E-state index contributed by atoms with van der Waals surface area (Å²) in [5.74, 6) is -0.134. The van der Waals surface area contributed by atoms with Crippen molar-refractivity contribution in [2.24, 2.45) is 0 Å². The van der Waals surface area contributed by atoms with Crippen molar-refractivity contribution in [3.05, 3.63) is 46.5 Å². The largest absolute Gasteiger partial charge is 0.476 e. The number of aryl methyl sites for hydroxylation is 1. The van der Waals surface area contributed by atoms with Crippen LogP contribution < -0.4 is 4.74 Å². The monoisotopic (exact) mass is 308 g/mol. The zero-order chi connectivity index (χ0) is 13.1. The van der Waals surface area contributed by atoms with Gasteiger partial charge in [-0.25, -0.2) is 14.8 Å². The Hall–Kier alpha value is -1.95. The molecule has 1 aromatic heterocycles. The minimum absolute atomic E-state index is 0.117. The molecule has 1 N–H and O–H groups in total. The van der Waals surface area contributed by atoms with Gasteiger partial charge in [-0.05, 0) is 25.1 Å². The Balaban J connectivity index is 2.37. The molecule has 0 radical (unpaired) electrons. The van der Waals surface area contributed by atoms with E-state index >= 15 is 0 Å². The normalized spacial score (nSPS) is 10.1. The van der Waals surface area contributed by atoms with Gasteiger partial charge in [0.25, 0.3) is 0 Å². The van der Waals surface area contributed by atoms with Gasteiger partial charge in [0.05, 0.1) is 6.20 Å². The van der Waals surface area contributed by atoms with E-state index in [0.29, 0.717) is 11.6 Å². The lowest BCUT2D eigenvalue weighted by atomic mass is 10.3. The summed E-state index contributed by atoms with van der Waals surface area (Å²) in [6.07, 6.45) is 1.35. The van der Waals surface area contributed by atoms with Crippen LogP contribution in [0, 0.1) is 6.92 Å². The summed E-state index contributed by atoms with van der Waals surface area (Å²) < 4.78 is 6.31. The number of ether oxygens (including phenoxy) is 1. The van der Waals surface area contributed by atoms with Crippen LogP contribution in [0.1, 0.15) is 16.3 Å². The molecule has 6 heteroatoms. The van der Waals surface area contributed by atoms with Gasteiger partial charge >= 0.3 is 5.97 Å². The van der Waals surface area contributed by atoms with E-state index in [1.807, 2.05) is 6.07 Å². The molecule has 0 atom stereocenters. The van der Waals surface area contributed by atoms with E-state index in [9.17, 15) is 4.79 Å². The first-order chi connectivity index (χ1) is 8.56. The van der Waals surface area contributed by atoms with Crippen molar-refractivity contribution >= 4 is 21.9 Å². The van der Waals surface area contributed by atoms with E-state index < -0.39 is 5.97 Å². The first kappa shape index (κ1) is 12.5. The Morgan fingerprint density at radius 1 is 1.44 bits per heavy atom. The molecule has 18 heavy (non-hydrogen) atoms. The van der Waals surface area contributed by atoms with Gasteiger partial charge < -0.3 is 9.84 Å². The van der Waals surface area contributed by atoms with E-state index in [1.165, 1.54) is 6.20 Å². The van der Waals surface area contributed by atoms with Crippen LogP contribution in [0.25, 0.3) is 0 Å². The highest BCUT2D eigenvalue weighted by Crippen LogP contribution is 2.25. The van der Waals surface area contributed by atoms with Crippen molar-refractivity contribution in [1.82, 2.24) is 9.97 Å². The number of carboxylic acids is 1. The van der Waals surface area contributed by atoms with Crippen molar-refractivity contribution < 1.29 is 14.6 Å². The SMILES string of the molecule is Cc1ncc(Oc2cccc(Br)c2)c(C(=O)O)n1. The number of aromatic carboxylic acids is 1. The molecule has 2 aromatic rings. The topological polar surface area (TPSA) is 72.3 Å². The fraction of sp³-hybridized carbons (Fsp3) is 0.0833. The quantitative estimate of drug-likeness (QED) is 0.943. The summed E-state index contributed by atoms with van der Waals surface area (Å²) in [5.41, 5.74) is -0.150. The van der Waals surface area contributed by atoms with Crippen molar-refractivity contribution in [2.45, 2.75) is 6.92 Å². The molecule has 1 heterocycles. The maximum atomic E-state index is 11.1. The summed E-state index contributed by atoms with van der Waals surface area (Å²) in [6, 6.07) is 7.08. The number of rotatable bonds is 3. The van der Waals surface area contributed by atoms with Crippen molar-refractivity contribution in [2.75, 3.05) is 0 Å². The number of carboxylic acid groups (broad SMARTS) is 1. The molecule has 2 rings (SSSR count). The van der Waals surface area contributed by atoms with Gasteiger partial charge in [-0.2, -0.15) is 0 Å². The summed E-state index contributed by atoms with van der Waals surface area (Å²) in [4.78, 5) is 18.8. The third-order valence-corrected chi connectivity index (χ3v) is 2.60. The lowest BCUT2D eigenvalue weighted by Gasteiger charge is -2.08. The van der Waals surface area contributed by atoms with Crippen LogP contribution in [-0.2, 0) is 0 Å². The number of benzene rings is 1. The Morgan fingerprint density at radius 3 is 2.89 bits per heavy atom. The minimum Gasteiger partial charge on any atom is -0.476 e. The highest BCUT2D eigenvalue weighted by Gasteiger charge is 2.15. The molecule has 0 unspecified atom stereocenters. The van der Waals surface area contributed by atoms with Gasteiger partial charge in [0.1, 0.15) is 11.6 Å². The molecule has 92 valence electrons. The lowest BCUT2D eigenvalue weighted by molar-refractivity contribution is 0.0687. The van der Waals surface area contributed by atoms with Gasteiger partial charge in [-0.3, -0.25) is 0 Å². The van der Waals surface area contributed by atoms with Crippen LogP contribution >= 0.6 is 15.9 Å². The highest BCUT2D eigenvalue weighted by atomic mass is 79.9. The molecule has 0 aliphatic carbocycles.